The van der Waals surface area contributed by atoms with Gasteiger partial charge in [-0.05, 0) is 31.2 Å². The maximum Gasteiger partial charge on any atom is 0.138 e. The van der Waals surface area contributed by atoms with Gasteiger partial charge in [0.1, 0.15) is 17.7 Å². The molecular formula is C13H19ClFNO. The number of halogens is 2. The number of hydrogen-bond donors (Lipinski definition) is 1. The van der Waals surface area contributed by atoms with E-state index in [9.17, 15) is 4.39 Å². The zero-order valence-corrected chi connectivity index (χ0v) is 11.1. The molecule has 0 bridgehead atoms. The number of nitrogens with one attached hydrogen (secondary N) is 1. The standard InChI is InChI=1S/C13H19ClFNO/c1-3-5-11(9-16-4-2)17-13-7-6-10(15)8-12(13)14/h6-8,11,16H,3-5,9H2,1-2H3. The molecule has 0 heterocycles. The van der Waals surface area contributed by atoms with Crippen molar-refractivity contribution in [3.63, 3.8) is 0 Å². The van der Waals surface area contributed by atoms with Crippen LogP contribution in [-0.4, -0.2) is 19.2 Å². The molecule has 1 rings (SSSR count). The van der Waals surface area contributed by atoms with Crippen LogP contribution in [0.3, 0.4) is 0 Å². The molecule has 2 nitrogen and oxygen atoms in total. The summed E-state index contributed by atoms with van der Waals surface area (Å²) in [6, 6.07) is 4.21. The molecule has 4 heteroatoms. The monoisotopic (exact) mass is 259 g/mol. The van der Waals surface area contributed by atoms with Gasteiger partial charge in [-0.25, -0.2) is 4.39 Å². The van der Waals surface area contributed by atoms with Gasteiger partial charge in [0.25, 0.3) is 0 Å². The number of rotatable bonds is 7. The highest BCUT2D eigenvalue weighted by atomic mass is 35.5. The highest BCUT2D eigenvalue weighted by molar-refractivity contribution is 6.32. The summed E-state index contributed by atoms with van der Waals surface area (Å²) in [4.78, 5) is 0. The highest BCUT2D eigenvalue weighted by Crippen LogP contribution is 2.26. The molecule has 1 unspecified atom stereocenters. The molecule has 0 amide bonds. The van der Waals surface area contributed by atoms with Gasteiger partial charge in [-0.15, -0.1) is 0 Å². The third kappa shape index (κ3) is 4.92. The van der Waals surface area contributed by atoms with Crippen molar-refractivity contribution >= 4 is 11.6 Å². The Labute approximate surface area is 107 Å². The molecule has 0 aliphatic carbocycles. The van der Waals surface area contributed by atoms with Gasteiger partial charge in [0.05, 0.1) is 5.02 Å². The average molecular weight is 260 g/mol. The Morgan fingerprint density at radius 1 is 1.41 bits per heavy atom. The quantitative estimate of drug-likeness (QED) is 0.807. The molecule has 1 atom stereocenters. The second-order valence-corrected chi connectivity index (χ2v) is 4.32. The van der Waals surface area contributed by atoms with Crippen LogP contribution < -0.4 is 10.1 Å². The van der Waals surface area contributed by atoms with Gasteiger partial charge in [-0.3, -0.25) is 0 Å². The van der Waals surface area contributed by atoms with Crippen molar-refractivity contribution in [2.24, 2.45) is 0 Å². The van der Waals surface area contributed by atoms with Gasteiger partial charge in [0.2, 0.25) is 0 Å². The molecule has 1 N–H and O–H groups in total. The Balaban J connectivity index is 2.64. The molecular weight excluding hydrogens is 241 g/mol. The van der Waals surface area contributed by atoms with Crippen molar-refractivity contribution < 1.29 is 9.13 Å². The number of ether oxygens (including phenoxy) is 1. The number of likely N-dealkylation sites (N-methyl/N-ethyl adjacent to an activating group) is 1. The van der Waals surface area contributed by atoms with E-state index in [4.69, 9.17) is 16.3 Å². The minimum Gasteiger partial charge on any atom is -0.488 e. The van der Waals surface area contributed by atoms with Crippen LogP contribution in [-0.2, 0) is 0 Å². The second kappa shape index (κ2) is 7.51. The van der Waals surface area contributed by atoms with Crippen LogP contribution in [0.15, 0.2) is 18.2 Å². The van der Waals surface area contributed by atoms with Gasteiger partial charge in [0.15, 0.2) is 0 Å². The molecule has 0 aliphatic heterocycles. The first-order valence-corrected chi connectivity index (χ1v) is 6.37. The third-order valence-corrected chi connectivity index (χ3v) is 2.72. The summed E-state index contributed by atoms with van der Waals surface area (Å²) in [6.45, 7) is 5.83. The Hall–Kier alpha value is -0.800. The summed E-state index contributed by atoms with van der Waals surface area (Å²) in [7, 11) is 0. The first kappa shape index (κ1) is 14.3. The van der Waals surface area contributed by atoms with Crippen LogP contribution in [0.25, 0.3) is 0 Å². The van der Waals surface area contributed by atoms with E-state index in [0.717, 1.165) is 25.9 Å². The molecule has 1 aromatic carbocycles. The van der Waals surface area contributed by atoms with E-state index >= 15 is 0 Å². The Morgan fingerprint density at radius 3 is 2.76 bits per heavy atom. The van der Waals surface area contributed by atoms with Crippen molar-refractivity contribution in [1.82, 2.24) is 5.32 Å². The van der Waals surface area contributed by atoms with Crippen LogP contribution in [0.4, 0.5) is 4.39 Å². The van der Waals surface area contributed by atoms with Crippen molar-refractivity contribution in [2.75, 3.05) is 13.1 Å². The molecule has 0 aliphatic rings. The van der Waals surface area contributed by atoms with Crippen LogP contribution in [0, 0.1) is 5.82 Å². The largest absolute Gasteiger partial charge is 0.488 e. The summed E-state index contributed by atoms with van der Waals surface area (Å²) in [6.07, 6.45) is 2.05. The molecule has 0 saturated carbocycles. The van der Waals surface area contributed by atoms with E-state index in [-0.39, 0.29) is 11.9 Å². The Morgan fingerprint density at radius 2 is 2.18 bits per heavy atom. The maximum absolute atomic E-state index is 12.9. The molecule has 0 spiro atoms. The van der Waals surface area contributed by atoms with E-state index < -0.39 is 0 Å². The van der Waals surface area contributed by atoms with Gasteiger partial charge < -0.3 is 10.1 Å². The van der Waals surface area contributed by atoms with Gasteiger partial charge in [-0.2, -0.15) is 0 Å². The predicted octanol–water partition coefficient (Wildman–Crippen LogP) is 3.64. The molecule has 17 heavy (non-hydrogen) atoms. The zero-order valence-electron chi connectivity index (χ0n) is 10.3. The van der Waals surface area contributed by atoms with Crippen LogP contribution >= 0.6 is 11.6 Å². The zero-order chi connectivity index (χ0) is 12.7. The summed E-state index contributed by atoms with van der Waals surface area (Å²) in [5.41, 5.74) is 0. The fourth-order valence-corrected chi connectivity index (χ4v) is 1.79. The molecule has 1 aromatic rings. The third-order valence-electron chi connectivity index (χ3n) is 2.42. The Kier molecular flexibility index (Phi) is 6.30. The summed E-state index contributed by atoms with van der Waals surface area (Å²) >= 11 is 5.92. The van der Waals surface area contributed by atoms with Crippen LogP contribution in [0.5, 0.6) is 5.75 Å². The van der Waals surface area contributed by atoms with E-state index in [0.29, 0.717) is 10.8 Å². The summed E-state index contributed by atoms with van der Waals surface area (Å²) in [5, 5.41) is 3.56. The normalized spacial score (nSPS) is 12.5. The predicted molar refractivity (Wildman–Crippen MR) is 69.3 cm³/mol. The molecule has 0 saturated heterocycles. The van der Waals surface area contributed by atoms with Gasteiger partial charge in [0, 0.05) is 6.54 Å². The SMILES string of the molecule is CCCC(CNCC)Oc1ccc(F)cc1Cl. The minimum absolute atomic E-state index is 0.0721. The number of hydrogen-bond acceptors (Lipinski definition) is 2. The van der Waals surface area contributed by atoms with Crippen LogP contribution in [0.1, 0.15) is 26.7 Å². The van der Waals surface area contributed by atoms with Crippen molar-refractivity contribution in [3.05, 3.63) is 29.0 Å². The van der Waals surface area contributed by atoms with E-state index in [2.05, 4.69) is 12.2 Å². The molecule has 0 radical (unpaired) electrons. The van der Waals surface area contributed by atoms with Gasteiger partial charge >= 0.3 is 0 Å². The van der Waals surface area contributed by atoms with Crippen LogP contribution in [0.2, 0.25) is 5.02 Å². The van der Waals surface area contributed by atoms with Crippen molar-refractivity contribution in [3.8, 4) is 5.75 Å². The fourth-order valence-electron chi connectivity index (χ4n) is 1.58. The lowest BCUT2D eigenvalue weighted by Gasteiger charge is -2.19. The van der Waals surface area contributed by atoms with E-state index in [1.165, 1.54) is 12.1 Å². The molecule has 0 aromatic heterocycles. The first-order chi connectivity index (χ1) is 8.17. The van der Waals surface area contributed by atoms with Gasteiger partial charge in [-0.1, -0.05) is 31.9 Å². The smallest absolute Gasteiger partial charge is 0.138 e. The lowest BCUT2D eigenvalue weighted by atomic mass is 10.2. The lowest BCUT2D eigenvalue weighted by Crippen LogP contribution is -2.31. The highest BCUT2D eigenvalue weighted by Gasteiger charge is 2.11. The summed E-state index contributed by atoms with van der Waals surface area (Å²) in [5.74, 6) is 0.200. The van der Waals surface area contributed by atoms with Crippen molar-refractivity contribution in [2.45, 2.75) is 32.8 Å². The van der Waals surface area contributed by atoms with Crippen molar-refractivity contribution in [1.29, 1.82) is 0 Å². The Bertz CT molecular complexity index is 346. The average Bonchev–Trinajstić information content (AvgIpc) is 2.29. The minimum atomic E-state index is -0.346. The van der Waals surface area contributed by atoms with E-state index in [1.807, 2.05) is 6.92 Å². The lowest BCUT2D eigenvalue weighted by molar-refractivity contribution is 0.187. The number of benzene rings is 1. The maximum atomic E-state index is 12.9. The topological polar surface area (TPSA) is 21.3 Å². The second-order valence-electron chi connectivity index (χ2n) is 3.91. The summed E-state index contributed by atoms with van der Waals surface area (Å²) < 4.78 is 18.7. The fraction of sp³-hybridized carbons (Fsp3) is 0.538. The van der Waals surface area contributed by atoms with E-state index in [1.54, 1.807) is 6.07 Å². The first-order valence-electron chi connectivity index (χ1n) is 5.99. The molecule has 0 fully saturated rings. The molecule has 96 valence electrons.